The van der Waals surface area contributed by atoms with E-state index in [0.717, 1.165) is 6.34 Å². The van der Waals surface area contributed by atoms with Crippen molar-refractivity contribution in [2.75, 3.05) is 0 Å². The van der Waals surface area contributed by atoms with Crippen LogP contribution in [0.3, 0.4) is 0 Å². The van der Waals surface area contributed by atoms with Gasteiger partial charge in [-0.1, -0.05) is 0 Å². The molecule has 3 heteroatoms. The molecule has 0 amide bonds. The van der Waals surface area contributed by atoms with Crippen molar-refractivity contribution in [3.05, 3.63) is 0 Å². The third-order valence-corrected chi connectivity index (χ3v) is 0. The lowest BCUT2D eigenvalue weighted by atomic mass is 11.4. The first-order valence-corrected chi connectivity index (χ1v) is 0.622. The number of nitrogens with two attached hydrogens (primary N) is 1. The third kappa shape index (κ3) is 0.814. The minimum atomic E-state index is 0. The van der Waals surface area contributed by atoms with Crippen molar-refractivity contribution in [2.24, 2.45) is 5.73 Å². The standard InChI is InChI=1S/CH4N2.H3N/c2-1-3;/h1H,(H3,2,3);1H3. The van der Waals surface area contributed by atoms with E-state index in [9.17, 15) is 0 Å². The van der Waals surface area contributed by atoms with Gasteiger partial charge in [-0.15, -0.1) is 0 Å². The van der Waals surface area contributed by atoms with Gasteiger partial charge in [-0.05, 0) is 0 Å². The molecule has 26 valence electrons. The summed E-state index contributed by atoms with van der Waals surface area (Å²) >= 11 is 0. The van der Waals surface area contributed by atoms with Crippen LogP contribution in [0.25, 0.3) is 0 Å². The van der Waals surface area contributed by atoms with Gasteiger partial charge in [-0.2, -0.15) is 0 Å². The second kappa shape index (κ2) is 26.9. The van der Waals surface area contributed by atoms with Crippen molar-refractivity contribution in [2.45, 2.75) is 0 Å². The molecule has 3 nitrogen and oxygen atoms in total. The number of nitrogens with one attached hydrogen (secondary N) is 1. The molecule has 0 aromatic heterocycles. The van der Waals surface area contributed by atoms with Crippen molar-refractivity contribution < 1.29 is 0 Å². The highest BCUT2D eigenvalue weighted by atomic mass is 14.6. The second-order valence-electron chi connectivity index (χ2n) is 0.167. The minimum absolute atomic E-state index is 0. The predicted molar refractivity (Wildman–Crippen MR) is 18.0 cm³/mol. The van der Waals surface area contributed by atoms with Crippen LogP contribution >= 0.6 is 0 Å². The Morgan fingerprint density at radius 3 is 1.75 bits per heavy atom. The lowest BCUT2D eigenvalue weighted by Crippen LogP contribution is -1.81. The molecule has 0 fully saturated rings. The number of hydrogen-bond acceptors (Lipinski definition) is 2. The maximum absolute atomic E-state index is 5.86. The molecule has 0 aliphatic heterocycles. The van der Waals surface area contributed by atoms with E-state index in [0.29, 0.717) is 0 Å². The van der Waals surface area contributed by atoms with Gasteiger partial charge in [-0.3, -0.25) is 5.41 Å². The van der Waals surface area contributed by atoms with Crippen LogP contribution in [-0.2, 0) is 0 Å². The summed E-state index contributed by atoms with van der Waals surface area (Å²) in [7, 11) is 0. The molecule has 0 aliphatic rings. The Balaban J connectivity index is 0. The summed E-state index contributed by atoms with van der Waals surface area (Å²) in [6.07, 6.45) is 0.750. The largest absolute Gasteiger partial charge is 0.390 e. The van der Waals surface area contributed by atoms with Gasteiger partial charge in [0, 0.05) is 0 Å². The van der Waals surface area contributed by atoms with Crippen LogP contribution in [0.15, 0.2) is 0 Å². The van der Waals surface area contributed by atoms with Gasteiger partial charge in [0.1, 0.15) is 0 Å². The van der Waals surface area contributed by atoms with Crippen molar-refractivity contribution in [1.82, 2.24) is 6.15 Å². The average molecular weight is 61.1 g/mol. The molecule has 0 rings (SSSR count). The van der Waals surface area contributed by atoms with E-state index in [1.54, 1.807) is 0 Å². The molecule has 6 N–H and O–H groups in total. The van der Waals surface area contributed by atoms with E-state index in [-0.39, 0.29) is 6.15 Å². The van der Waals surface area contributed by atoms with Gasteiger partial charge in [0.15, 0.2) is 0 Å². The van der Waals surface area contributed by atoms with Crippen molar-refractivity contribution >= 4 is 6.34 Å². The fourth-order valence-electron chi connectivity index (χ4n) is 0. The van der Waals surface area contributed by atoms with Crippen molar-refractivity contribution in [3.8, 4) is 0 Å². The number of rotatable bonds is 0. The Bertz CT molecular complexity index is 10.8. The Morgan fingerprint density at radius 2 is 1.75 bits per heavy atom. The van der Waals surface area contributed by atoms with Gasteiger partial charge in [0.2, 0.25) is 0 Å². The number of hydrogen-bond donors (Lipinski definition) is 3. The molecule has 0 bridgehead atoms. The molecule has 0 atom stereocenters. The fourth-order valence-corrected chi connectivity index (χ4v) is 0. The van der Waals surface area contributed by atoms with E-state index < -0.39 is 0 Å². The molecule has 0 saturated heterocycles. The zero-order valence-corrected chi connectivity index (χ0v) is 2.36. The quantitative estimate of drug-likeness (QED) is 0.265. The molecule has 0 heterocycles. The molecule has 0 unspecified atom stereocenters. The van der Waals surface area contributed by atoms with Crippen LogP contribution in [0.1, 0.15) is 0 Å². The highest BCUT2D eigenvalue weighted by molar-refractivity contribution is 5.46. The lowest BCUT2D eigenvalue weighted by Gasteiger charge is -1.38. The maximum Gasteiger partial charge on any atom is 0.0765 e. The van der Waals surface area contributed by atoms with Gasteiger partial charge < -0.3 is 11.9 Å². The molecule has 0 spiro atoms. The zero-order valence-electron chi connectivity index (χ0n) is 2.36. The topological polar surface area (TPSA) is 84.9 Å². The third-order valence-electron chi connectivity index (χ3n) is 0. The van der Waals surface area contributed by atoms with Crippen LogP contribution in [0.4, 0.5) is 0 Å². The summed E-state index contributed by atoms with van der Waals surface area (Å²) in [4.78, 5) is 0. The summed E-state index contributed by atoms with van der Waals surface area (Å²) in [6, 6.07) is 0. The SMILES string of the molecule is N.N=CN. The first kappa shape index (κ1) is 9.90. The summed E-state index contributed by atoms with van der Waals surface area (Å²) in [5.41, 5.74) is 4.39. The summed E-state index contributed by atoms with van der Waals surface area (Å²) in [5, 5.41) is 5.86. The van der Waals surface area contributed by atoms with Gasteiger partial charge in [0.25, 0.3) is 0 Å². The Hall–Kier alpha value is -0.570. The second-order valence-corrected chi connectivity index (χ2v) is 0.167. The Labute approximate surface area is 24.9 Å². The van der Waals surface area contributed by atoms with E-state index in [2.05, 4.69) is 5.73 Å². The van der Waals surface area contributed by atoms with Gasteiger partial charge in [-0.25, -0.2) is 0 Å². The Morgan fingerprint density at radius 1 is 1.75 bits per heavy atom. The molecular formula is CH7N3. The molecular weight excluding hydrogens is 54.0 g/mol. The zero-order chi connectivity index (χ0) is 2.71. The highest BCUT2D eigenvalue weighted by Gasteiger charge is 1.10. The van der Waals surface area contributed by atoms with Crippen LogP contribution < -0.4 is 11.9 Å². The molecule has 0 radical (unpaired) electrons. The van der Waals surface area contributed by atoms with E-state index in [1.165, 1.54) is 0 Å². The van der Waals surface area contributed by atoms with Crippen molar-refractivity contribution in [3.63, 3.8) is 0 Å². The molecule has 0 aromatic rings. The van der Waals surface area contributed by atoms with Crippen LogP contribution in [-0.4, -0.2) is 6.34 Å². The minimum Gasteiger partial charge on any atom is -0.390 e. The molecule has 0 aliphatic carbocycles. The lowest BCUT2D eigenvalue weighted by molar-refractivity contribution is 1.52. The first-order chi connectivity index (χ1) is 1.41. The smallest absolute Gasteiger partial charge is 0.0765 e. The van der Waals surface area contributed by atoms with Gasteiger partial charge >= 0.3 is 0 Å². The monoisotopic (exact) mass is 61.1 g/mol. The van der Waals surface area contributed by atoms with Crippen LogP contribution in [0.2, 0.25) is 0 Å². The Kier molecular flexibility index (Phi) is 66.5. The van der Waals surface area contributed by atoms with Crippen LogP contribution in [0, 0.1) is 5.41 Å². The predicted octanol–water partition coefficient (Wildman–Crippen LogP) is -0.286. The van der Waals surface area contributed by atoms with Crippen LogP contribution in [0.5, 0.6) is 0 Å². The first-order valence-electron chi connectivity index (χ1n) is 0.622. The highest BCUT2D eigenvalue weighted by Crippen LogP contribution is 0.879. The average Bonchev–Trinajstić information content (AvgIpc) is 0.918. The fraction of sp³-hybridized carbons (Fsp3) is 0. The van der Waals surface area contributed by atoms with E-state index >= 15 is 0 Å². The summed E-state index contributed by atoms with van der Waals surface area (Å²) in [6.45, 7) is 0. The summed E-state index contributed by atoms with van der Waals surface area (Å²) < 4.78 is 0. The van der Waals surface area contributed by atoms with E-state index in [1.807, 2.05) is 0 Å². The van der Waals surface area contributed by atoms with E-state index in [4.69, 9.17) is 5.41 Å². The molecule has 0 aromatic carbocycles. The normalized spacial score (nSPS) is 3.00. The molecule has 4 heavy (non-hydrogen) atoms. The maximum atomic E-state index is 5.86. The molecule has 0 saturated carbocycles. The van der Waals surface area contributed by atoms with Crippen molar-refractivity contribution in [1.29, 1.82) is 5.41 Å². The van der Waals surface area contributed by atoms with Gasteiger partial charge in [0.05, 0.1) is 6.34 Å². The summed E-state index contributed by atoms with van der Waals surface area (Å²) in [5.74, 6) is 0.